The van der Waals surface area contributed by atoms with E-state index in [0.717, 1.165) is 45.2 Å². The minimum Gasteiger partial charge on any atom is -0.461 e. The van der Waals surface area contributed by atoms with Gasteiger partial charge in [-0.15, -0.1) is 0 Å². The Morgan fingerprint density at radius 2 is 1.38 bits per heavy atom. The molecule has 0 aliphatic carbocycles. The van der Waals surface area contributed by atoms with Crippen LogP contribution in [-0.4, -0.2) is 8.75 Å². The van der Waals surface area contributed by atoms with Gasteiger partial charge in [-0.2, -0.15) is 8.75 Å². The van der Waals surface area contributed by atoms with E-state index in [-0.39, 0.29) is 5.41 Å². The molecule has 0 unspecified atom stereocenters. The zero-order valence-corrected chi connectivity index (χ0v) is 16.5. The third-order valence-electron chi connectivity index (χ3n) is 4.49. The first kappa shape index (κ1) is 17.0. The smallest absolute Gasteiger partial charge is 0.136 e. The highest BCUT2D eigenvalue weighted by molar-refractivity contribution is 7.00. The zero-order chi connectivity index (χ0) is 18.5. The summed E-state index contributed by atoms with van der Waals surface area (Å²) < 4.78 is 21.2. The van der Waals surface area contributed by atoms with E-state index in [0.29, 0.717) is 5.92 Å². The summed E-state index contributed by atoms with van der Waals surface area (Å²) in [4.78, 5) is 0. The molecule has 4 aromatic rings. The van der Waals surface area contributed by atoms with Crippen molar-refractivity contribution in [1.82, 2.24) is 8.75 Å². The first-order valence-corrected chi connectivity index (χ1v) is 9.53. The molecular formula is C21H22N2O2S. The molecule has 0 atom stereocenters. The Morgan fingerprint density at radius 1 is 0.808 bits per heavy atom. The molecule has 0 aliphatic rings. The third kappa shape index (κ3) is 2.86. The second-order valence-electron chi connectivity index (χ2n) is 7.89. The summed E-state index contributed by atoms with van der Waals surface area (Å²) in [7, 11) is 0. The van der Waals surface area contributed by atoms with Crippen molar-refractivity contribution in [2.24, 2.45) is 0 Å². The zero-order valence-electron chi connectivity index (χ0n) is 15.7. The van der Waals surface area contributed by atoms with E-state index < -0.39 is 0 Å². The van der Waals surface area contributed by atoms with Crippen molar-refractivity contribution in [3.63, 3.8) is 0 Å². The number of rotatable bonds is 3. The van der Waals surface area contributed by atoms with Crippen LogP contribution >= 0.6 is 11.7 Å². The number of furan rings is 2. The van der Waals surface area contributed by atoms with E-state index in [1.165, 1.54) is 11.7 Å². The molecule has 5 heteroatoms. The number of benzene rings is 1. The second kappa shape index (κ2) is 6.09. The van der Waals surface area contributed by atoms with Crippen LogP contribution in [0.1, 0.15) is 52.1 Å². The summed E-state index contributed by atoms with van der Waals surface area (Å²) in [5.74, 6) is 3.93. The molecule has 0 saturated heterocycles. The van der Waals surface area contributed by atoms with Gasteiger partial charge in [-0.3, -0.25) is 0 Å². The highest BCUT2D eigenvalue weighted by Gasteiger charge is 2.21. The fourth-order valence-corrected chi connectivity index (χ4v) is 3.53. The van der Waals surface area contributed by atoms with Crippen molar-refractivity contribution in [3.8, 4) is 22.6 Å². The molecule has 0 spiro atoms. The van der Waals surface area contributed by atoms with Crippen LogP contribution in [0.15, 0.2) is 45.2 Å². The summed E-state index contributed by atoms with van der Waals surface area (Å²) in [6.07, 6.45) is 0. The molecule has 26 heavy (non-hydrogen) atoms. The molecule has 3 heterocycles. The third-order valence-corrected chi connectivity index (χ3v) is 5.02. The summed E-state index contributed by atoms with van der Waals surface area (Å²) >= 11 is 1.21. The van der Waals surface area contributed by atoms with Crippen LogP contribution in [0.5, 0.6) is 0 Å². The number of nitrogens with zero attached hydrogens (tertiary/aromatic N) is 2. The van der Waals surface area contributed by atoms with Crippen LogP contribution < -0.4 is 0 Å². The fourth-order valence-electron chi connectivity index (χ4n) is 2.96. The number of hydrogen-bond acceptors (Lipinski definition) is 5. The standard InChI is InChI=1S/C21H22N2O2S/c1-12(2)15-8-9-16(24-15)13-6-7-14(20-19(13)22-26-23-20)17-10-11-18(25-17)21(3,4)5/h6-12H,1-5H3. The van der Waals surface area contributed by atoms with Crippen molar-refractivity contribution in [2.75, 3.05) is 0 Å². The van der Waals surface area contributed by atoms with Gasteiger partial charge < -0.3 is 8.83 Å². The SMILES string of the molecule is CC(C)c1ccc(-c2ccc(-c3ccc(C(C)(C)C)o3)c3nsnc23)o1. The lowest BCUT2D eigenvalue weighted by molar-refractivity contribution is 0.417. The maximum Gasteiger partial charge on any atom is 0.136 e. The molecule has 134 valence electrons. The van der Waals surface area contributed by atoms with Gasteiger partial charge in [-0.25, -0.2) is 0 Å². The van der Waals surface area contributed by atoms with Gasteiger partial charge in [0.15, 0.2) is 0 Å². The topological polar surface area (TPSA) is 52.1 Å². The first-order valence-electron chi connectivity index (χ1n) is 8.80. The van der Waals surface area contributed by atoms with E-state index in [4.69, 9.17) is 8.83 Å². The van der Waals surface area contributed by atoms with Crippen LogP contribution in [0.25, 0.3) is 33.7 Å². The van der Waals surface area contributed by atoms with Crippen molar-refractivity contribution < 1.29 is 8.83 Å². The predicted octanol–water partition coefficient (Wildman–Crippen LogP) is 6.63. The Labute approximate surface area is 157 Å². The molecular weight excluding hydrogens is 344 g/mol. The molecule has 0 fully saturated rings. The van der Waals surface area contributed by atoms with E-state index in [1.807, 2.05) is 36.4 Å². The summed E-state index contributed by atoms with van der Waals surface area (Å²) in [5.41, 5.74) is 3.60. The van der Waals surface area contributed by atoms with E-state index in [2.05, 4.69) is 43.4 Å². The Hall–Kier alpha value is -2.40. The summed E-state index contributed by atoms with van der Waals surface area (Å²) in [5, 5.41) is 0. The van der Waals surface area contributed by atoms with E-state index >= 15 is 0 Å². The maximum atomic E-state index is 6.11. The molecule has 1 aromatic carbocycles. The van der Waals surface area contributed by atoms with Gasteiger partial charge in [0.05, 0.1) is 11.7 Å². The Morgan fingerprint density at radius 3 is 1.88 bits per heavy atom. The lowest BCUT2D eigenvalue weighted by Crippen LogP contribution is -2.08. The van der Waals surface area contributed by atoms with Gasteiger partial charge >= 0.3 is 0 Å². The number of fused-ring (bicyclic) bond motifs is 1. The minimum atomic E-state index is -0.0287. The predicted molar refractivity (Wildman–Crippen MR) is 106 cm³/mol. The maximum absolute atomic E-state index is 6.11. The first-order chi connectivity index (χ1) is 12.3. The molecule has 0 aliphatic heterocycles. The van der Waals surface area contributed by atoms with Crippen LogP contribution in [0, 0.1) is 0 Å². The molecule has 3 aromatic heterocycles. The van der Waals surface area contributed by atoms with Gasteiger partial charge in [0, 0.05) is 22.5 Å². The molecule has 0 amide bonds. The van der Waals surface area contributed by atoms with Crippen molar-refractivity contribution in [3.05, 3.63) is 47.9 Å². The molecule has 0 saturated carbocycles. The van der Waals surface area contributed by atoms with Crippen LogP contribution in [0.2, 0.25) is 0 Å². The Bertz CT molecular complexity index is 1060. The van der Waals surface area contributed by atoms with Crippen molar-refractivity contribution >= 4 is 22.8 Å². The highest BCUT2D eigenvalue weighted by atomic mass is 32.1. The summed E-state index contributed by atoms with van der Waals surface area (Å²) in [6, 6.07) is 12.2. The summed E-state index contributed by atoms with van der Waals surface area (Å²) in [6.45, 7) is 10.7. The minimum absolute atomic E-state index is 0.0287. The van der Waals surface area contributed by atoms with Gasteiger partial charge in [-0.1, -0.05) is 34.6 Å². The Balaban J connectivity index is 1.82. The second-order valence-corrected chi connectivity index (χ2v) is 8.42. The fraction of sp³-hybridized carbons (Fsp3) is 0.333. The normalized spacial score (nSPS) is 12.4. The van der Waals surface area contributed by atoms with Gasteiger partial charge in [0.1, 0.15) is 34.1 Å². The van der Waals surface area contributed by atoms with Crippen LogP contribution in [0.3, 0.4) is 0 Å². The monoisotopic (exact) mass is 366 g/mol. The quantitative estimate of drug-likeness (QED) is 0.408. The van der Waals surface area contributed by atoms with Crippen molar-refractivity contribution in [1.29, 1.82) is 0 Å². The van der Waals surface area contributed by atoms with Crippen LogP contribution in [-0.2, 0) is 5.41 Å². The van der Waals surface area contributed by atoms with E-state index in [1.54, 1.807) is 0 Å². The van der Waals surface area contributed by atoms with E-state index in [9.17, 15) is 0 Å². The Kier molecular flexibility index (Phi) is 3.99. The van der Waals surface area contributed by atoms with Gasteiger partial charge in [0.2, 0.25) is 0 Å². The average Bonchev–Trinajstić information content (AvgIpc) is 3.32. The lowest BCUT2D eigenvalue weighted by atomic mass is 9.94. The van der Waals surface area contributed by atoms with Crippen LogP contribution in [0.4, 0.5) is 0 Å². The molecule has 0 bridgehead atoms. The van der Waals surface area contributed by atoms with Gasteiger partial charge in [-0.05, 0) is 36.4 Å². The molecule has 0 N–H and O–H groups in total. The molecule has 4 rings (SSSR count). The molecule has 0 radical (unpaired) electrons. The number of aromatic nitrogens is 2. The van der Waals surface area contributed by atoms with Crippen molar-refractivity contribution in [2.45, 2.75) is 46.0 Å². The average molecular weight is 366 g/mol. The van der Waals surface area contributed by atoms with Gasteiger partial charge in [0.25, 0.3) is 0 Å². The lowest BCUT2D eigenvalue weighted by Gasteiger charge is -2.14. The highest BCUT2D eigenvalue weighted by Crippen LogP contribution is 2.37. The molecule has 4 nitrogen and oxygen atoms in total. The number of hydrogen-bond donors (Lipinski definition) is 0. The largest absolute Gasteiger partial charge is 0.461 e.